The van der Waals surface area contributed by atoms with Crippen molar-refractivity contribution in [2.75, 3.05) is 6.61 Å². The molecule has 0 aliphatic heterocycles. The van der Waals surface area contributed by atoms with Gasteiger partial charge in [-0.2, -0.15) is 0 Å². The summed E-state index contributed by atoms with van der Waals surface area (Å²) in [7, 11) is 1.91. The topological polar surface area (TPSA) is 39.9 Å². The van der Waals surface area contributed by atoms with Crippen LogP contribution in [0.2, 0.25) is 5.02 Å². The molecule has 0 N–H and O–H groups in total. The van der Waals surface area contributed by atoms with E-state index in [2.05, 4.69) is 10.2 Å². The lowest BCUT2D eigenvalue weighted by molar-refractivity contribution is 0.341. The van der Waals surface area contributed by atoms with Crippen molar-refractivity contribution in [3.63, 3.8) is 0 Å². The Bertz CT molecular complexity index is 885. The predicted molar refractivity (Wildman–Crippen MR) is 98.6 cm³/mol. The molecule has 3 aromatic rings. The number of hydrogen-bond donors (Lipinski definition) is 0. The number of halogens is 2. The van der Waals surface area contributed by atoms with E-state index in [-0.39, 0.29) is 5.82 Å². The summed E-state index contributed by atoms with van der Waals surface area (Å²) in [6, 6.07) is 12.2. The molecule has 0 unspecified atom stereocenters. The summed E-state index contributed by atoms with van der Waals surface area (Å²) in [5, 5.41) is 9.72. The molecule has 2 aromatic carbocycles. The minimum atomic E-state index is -0.341. The van der Waals surface area contributed by atoms with Crippen LogP contribution in [0.1, 0.15) is 12.5 Å². The first kappa shape index (κ1) is 17.8. The van der Waals surface area contributed by atoms with E-state index in [1.54, 1.807) is 6.07 Å². The number of hydrogen-bond acceptors (Lipinski definition) is 4. The van der Waals surface area contributed by atoms with E-state index in [9.17, 15) is 4.39 Å². The van der Waals surface area contributed by atoms with Crippen LogP contribution in [-0.2, 0) is 12.8 Å². The largest absolute Gasteiger partial charge is 0.493 e. The molecule has 1 aromatic heterocycles. The molecule has 0 fully saturated rings. The van der Waals surface area contributed by atoms with Gasteiger partial charge < -0.3 is 9.30 Å². The first-order valence-electron chi connectivity index (χ1n) is 7.78. The molecule has 0 atom stereocenters. The summed E-state index contributed by atoms with van der Waals surface area (Å²) >= 11 is 7.58. The van der Waals surface area contributed by atoms with Gasteiger partial charge in [0, 0.05) is 17.8 Å². The Labute approximate surface area is 155 Å². The highest BCUT2D eigenvalue weighted by atomic mass is 35.5. The Morgan fingerprint density at radius 3 is 2.76 bits per heavy atom. The van der Waals surface area contributed by atoms with Crippen molar-refractivity contribution in [1.29, 1.82) is 0 Å². The molecule has 0 saturated carbocycles. The molecule has 0 aliphatic carbocycles. The van der Waals surface area contributed by atoms with Crippen molar-refractivity contribution in [3.05, 3.63) is 58.9 Å². The van der Waals surface area contributed by atoms with Crippen molar-refractivity contribution in [3.8, 4) is 17.1 Å². The number of thioether (sulfide) groups is 1. The summed E-state index contributed by atoms with van der Waals surface area (Å²) < 4.78 is 20.7. The molecule has 0 aliphatic rings. The van der Waals surface area contributed by atoms with Crippen LogP contribution < -0.4 is 4.74 Å². The molecule has 0 bridgehead atoms. The van der Waals surface area contributed by atoms with Gasteiger partial charge in [0.1, 0.15) is 11.6 Å². The minimum absolute atomic E-state index is 0.341. The third kappa shape index (κ3) is 3.96. The van der Waals surface area contributed by atoms with Crippen LogP contribution in [0.15, 0.2) is 47.6 Å². The molecule has 1 heterocycles. The van der Waals surface area contributed by atoms with Crippen LogP contribution in [-0.4, -0.2) is 21.4 Å². The van der Waals surface area contributed by atoms with E-state index in [1.165, 1.54) is 23.9 Å². The van der Waals surface area contributed by atoms with E-state index in [1.807, 2.05) is 42.8 Å². The molecule has 0 amide bonds. The molecule has 130 valence electrons. The molecule has 7 heteroatoms. The Hall–Kier alpha value is -2.05. The van der Waals surface area contributed by atoms with Gasteiger partial charge in [-0.05, 0) is 36.8 Å². The molecular formula is C18H17ClFN3OS. The highest BCUT2D eigenvalue weighted by Crippen LogP contribution is 2.32. The fourth-order valence-corrected chi connectivity index (χ4v) is 3.62. The number of aromatic nitrogens is 3. The summed E-state index contributed by atoms with van der Waals surface area (Å²) in [4.78, 5) is 0. The molecule has 0 saturated heterocycles. The molecular weight excluding hydrogens is 361 g/mol. The lowest BCUT2D eigenvalue weighted by atomic mass is 10.2. The van der Waals surface area contributed by atoms with Crippen LogP contribution >= 0.6 is 23.4 Å². The molecule has 0 radical (unpaired) electrons. The Morgan fingerprint density at radius 1 is 1.20 bits per heavy atom. The number of ether oxygens (including phenoxy) is 1. The fraction of sp³-hybridized carbons (Fsp3) is 0.222. The van der Waals surface area contributed by atoms with Gasteiger partial charge in [0.25, 0.3) is 0 Å². The second kappa shape index (κ2) is 7.89. The zero-order chi connectivity index (χ0) is 17.8. The molecule has 4 nitrogen and oxygen atoms in total. The second-order valence-electron chi connectivity index (χ2n) is 5.32. The smallest absolute Gasteiger partial charge is 0.191 e. The highest BCUT2D eigenvalue weighted by Gasteiger charge is 2.15. The first-order valence-corrected chi connectivity index (χ1v) is 9.14. The lowest BCUT2D eigenvalue weighted by Gasteiger charge is -2.10. The van der Waals surface area contributed by atoms with Crippen LogP contribution in [0.3, 0.4) is 0 Å². The Balaban J connectivity index is 1.82. The second-order valence-corrected chi connectivity index (χ2v) is 6.67. The molecule has 25 heavy (non-hydrogen) atoms. The van der Waals surface area contributed by atoms with E-state index in [0.29, 0.717) is 17.4 Å². The van der Waals surface area contributed by atoms with Crippen LogP contribution in [0.25, 0.3) is 11.4 Å². The maximum atomic E-state index is 13.1. The first-order chi connectivity index (χ1) is 12.1. The van der Waals surface area contributed by atoms with Gasteiger partial charge in [0.15, 0.2) is 11.0 Å². The van der Waals surface area contributed by atoms with E-state index in [0.717, 1.165) is 27.9 Å². The number of para-hydroxylation sites is 1. The monoisotopic (exact) mass is 377 g/mol. The number of nitrogens with zero attached hydrogens (tertiary/aromatic N) is 3. The SMILES string of the molecule is CCOc1ccccc1-c1nnc(SCc2ccc(F)cc2Cl)n1C. The third-order valence-corrected chi connectivity index (χ3v) is 5.06. The van der Waals surface area contributed by atoms with Gasteiger partial charge in [0.2, 0.25) is 0 Å². The highest BCUT2D eigenvalue weighted by molar-refractivity contribution is 7.98. The predicted octanol–water partition coefficient (Wildman–Crippen LogP) is 4.97. The zero-order valence-electron chi connectivity index (χ0n) is 13.9. The maximum absolute atomic E-state index is 13.1. The zero-order valence-corrected chi connectivity index (χ0v) is 15.4. The third-order valence-electron chi connectivity index (χ3n) is 3.63. The maximum Gasteiger partial charge on any atom is 0.191 e. The van der Waals surface area contributed by atoms with Crippen molar-refractivity contribution in [2.24, 2.45) is 7.05 Å². The van der Waals surface area contributed by atoms with E-state index in [4.69, 9.17) is 16.3 Å². The quantitative estimate of drug-likeness (QED) is 0.569. The Morgan fingerprint density at radius 2 is 2.00 bits per heavy atom. The van der Waals surface area contributed by atoms with Gasteiger partial charge in [-0.1, -0.05) is 41.6 Å². The van der Waals surface area contributed by atoms with Gasteiger partial charge in [-0.25, -0.2) is 4.39 Å². The van der Waals surface area contributed by atoms with Crippen molar-refractivity contribution < 1.29 is 9.13 Å². The summed E-state index contributed by atoms with van der Waals surface area (Å²) in [5.41, 5.74) is 1.75. The lowest BCUT2D eigenvalue weighted by Crippen LogP contribution is -1.99. The van der Waals surface area contributed by atoms with E-state index < -0.39 is 0 Å². The number of benzene rings is 2. The number of rotatable bonds is 6. The molecule has 0 spiro atoms. The van der Waals surface area contributed by atoms with Crippen LogP contribution in [0.5, 0.6) is 5.75 Å². The minimum Gasteiger partial charge on any atom is -0.493 e. The van der Waals surface area contributed by atoms with Gasteiger partial charge >= 0.3 is 0 Å². The van der Waals surface area contributed by atoms with Gasteiger partial charge in [-0.3, -0.25) is 0 Å². The van der Waals surface area contributed by atoms with Crippen LogP contribution in [0, 0.1) is 5.82 Å². The van der Waals surface area contributed by atoms with Crippen molar-refractivity contribution in [2.45, 2.75) is 17.8 Å². The Kier molecular flexibility index (Phi) is 5.60. The average Bonchev–Trinajstić information content (AvgIpc) is 2.96. The average molecular weight is 378 g/mol. The van der Waals surface area contributed by atoms with Crippen molar-refractivity contribution >= 4 is 23.4 Å². The van der Waals surface area contributed by atoms with Gasteiger partial charge in [-0.15, -0.1) is 10.2 Å². The summed E-state index contributed by atoms with van der Waals surface area (Å²) in [5.74, 6) is 1.75. The molecule has 3 rings (SSSR count). The normalized spacial score (nSPS) is 10.9. The van der Waals surface area contributed by atoms with E-state index >= 15 is 0 Å². The fourth-order valence-electron chi connectivity index (χ4n) is 2.39. The standard InChI is InChI=1S/C18H17ClFN3OS/c1-3-24-16-7-5-4-6-14(16)17-21-22-18(23(17)2)25-11-12-8-9-13(20)10-15(12)19/h4-10H,3,11H2,1-2H3. The van der Waals surface area contributed by atoms with Crippen molar-refractivity contribution in [1.82, 2.24) is 14.8 Å². The van der Waals surface area contributed by atoms with Gasteiger partial charge in [0.05, 0.1) is 12.2 Å². The summed E-state index contributed by atoms with van der Waals surface area (Å²) in [6.45, 7) is 2.53. The van der Waals surface area contributed by atoms with Crippen LogP contribution in [0.4, 0.5) is 4.39 Å². The summed E-state index contributed by atoms with van der Waals surface area (Å²) in [6.07, 6.45) is 0.